The van der Waals surface area contributed by atoms with Crippen LogP contribution in [0.1, 0.15) is 11.1 Å². The lowest BCUT2D eigenvalue weighted by atomic mass is 10.1. The van der Waals surface area contributed by atoms with E-state index in [4.69, 9.17) is 5.11 Å². The third-order valence-corrected chi connectivity index (χ3v) is 4.54. The Bertz CT molecular complexity index is 546. The van der Waals surface area contributed by atoms with E-state index in [2.05, 4.69) is 30.5 Å². The summed E-state index contributed by atoms with van der Waals surface area (Å²) in [6, 6.07) is 10.4. The fourth-order valence-corrected chi connectivity index (χ4v) is 3.42. The second kappa shape index (κ2) is 6.07. The number of aryl methyl sites for hydroxylation is 1. The Labute approximate surface area is 115 Å². The van der Waals surface area contributed by atoms with Crippen molar-refractivity contribution in [3.05, 3.63) is 46.8 Å². The Morgan fingerprint density at radius 2 is 2.17 bits per heavy atom. The predicted octanol–water partition coefficient (Wildman–Crippen LogP) is 4.04. The standard InChI is InChI=1S/C14H14O2S2/c1-10-6-13(18-7-10)12-5-3-2-4-11(12)8-17-9-14(15)16/h2-7H,8-9H2,1H3,(H,15,16). The molecule has 0 spiro atoms. The van der Waals surface area contributed by atoms with Gasteiger partial charge in [0.05, 0.1) is 5.75 Å². The molecule has 0 bridgehead atoms. The molecule has 0 unspecified atom stereocenters. The maximum atomic E-state index is 10.5. The van der Waals surface area contributed by atoms with E-state index in [9.17, 15) is 4.79 Å². The normalized spacial score (nSPS) is 10.5. The van der Waals surface area contributed by atoms with Gasteiger partial charge in [0.1, 0.15) is 0 Å². The van der Waals surface area contributed by atoms with E-state index in [0.717, 1.165) is 5.75 Å². The fraction of sp³-hybridized carbons (Fsp3) is 0.214. The molecule has 0 radical (unpaired) electrons. The van der Waals surface area contributed by atoms with Gasteiger partial charge in [-0.25, -0.2) is 0 Å². The van der Waals surface area contributed by atoms with Crippen LogP contribution >= 0.6 is 23.1 Å². The highest BCUT2D eigenvalue weighted by Crippen LogP contribution is 2.31. The first kappa shape index (κ1) is 13.2. The van der Waals surface area contributed by atoms with Crippen LogP contribution in [0.2, 0.25) is 0 Å². The van der Waals surface area contributed by atoms with Gasteiger partial charge >= 0.3 is 5.97 Å². The van der Waals surface area contributed by atoms with Crippen LogP contribution in [0.5, 0.6) is 0 Å². The summed E-state index contributed by atoms with van der Waals surface area (Å²) in [5, 5.41) is 10.8. The van der Waals surface area contributed by atoms with E-state index in [1.807, 2.05) is 12.1 Å². The van der Waals surface area contributed by atoms with Crippen molar-refractivity contribution < 1.29 is 9.90 Å². The molecule has 0 aliphatic heterocycles. The smallest absolute Gasteiger partial charge is 0.313 e. The highest BCUT2D eigenvalue weighted by Gasteiger charge is 2.07. The first-order valence-electron chi connectivity index (χ1n) is 5.60. The van der Waals surface area contributed by atoms with Gasteiger partial charge in [-0.2, -0.15) is 0 Å². The van der Waals surface area contributed by atoms with Crippen LogP contribution in [0.4, 0.5) is 0 Å². The van der Waals surface area contributed by atoms with Crippen molar-refractivity contribution in [3.8, 4) is 10.4 Å². The molecule has 2 rings (SSSR count). The molecule has 0 aliphatic carbocycles. The average molecular weight is 278 g/mol. The van der Waals surface area contributed by atoms with Gasteiger partial charge in [-0.05, 0) is 35.1 Å². The molecule has 1 aromatic carbocycles. The number of hydrogen-bond donors (Lipinski definition) is 1. The minimum absolute atomic E-state index is 0.151. The minimum atomic E-state index is -0.760. The molecule has 2 nitrogen and oxygen atoms in total. The Balaban J connectivity index is 2.18. The van der Waals surface area contributed by atoms with E-state index < -0.39 is 5.97 Å². The monoisotopic (exact) mass is 278 g/mol. The molecule has 1 heterocycles. The van der Waals surface area contributed by atoms with Gasteiger partial charge in [-0.1, -0.05) is 24.3 Å². The van der Waals surface area contributed by atoms with Gasteiger partial charge in [0.2, 0.25) is 0 Å². The van der Waals surface area contributed by atoms with Crippen LogP contribution in [-0.2, 0) is 10.5 Å². The van der Waals surface area contributed by atoms with Gasteiger partial charge < -0.3 is 5.11 Å². The van der Waals surface area contributed by atoms with Crippen molar-refractivity contribution in [3.63, 3.8) is 0 Å². The quantitative estimate of drug-likeness (QED) is 0.896. The zero-order chi connectivity index (χ0) is 13.0. The number of rotatable bonds is 5. The van der Waals surface area contributed by atoms with Crippen LogP contribution in [0, 0.1) is 6.92 Å². The van der Waals surface area contributed by atoms with E-state index in [0.29, 0.717) is 0 Å². The zero-order valence-electron chi connectivity index (χ0n) is 10.1. The summed E-state index contributed by atoms with van der Waals surface area (Å²) in [5.41, 5.74) is 3.68. The van der Waals surface area contributed by atoms with Gasteiger partial charge in [-0.3, -0.25) is 4.79 Å². The summed E-state index contributed by atoms with van der Waals surface area (Å²) < 4.78 is 0. The Morgan fingerprint density at radius 3 is 2.83 bits per heavy atom. The Morgan fingerprint density at radius 1 is 1.39 bits per heavy atom. The summed E-state index contributed by atoms with van der Waals surface area (Å²) in [5.74, 6) is 0.126. The average Bonchev–Trinajstić information content (AvgIpc) is 2.76. The first-order chi connectivity index (χ1) is 8.66. The van der Waals surface area contributed by atoms with Crippen molar-refractivity contribution in [2.75, 3.05) is 5.75 Å². The summed E-state index contributed by atoms with van der Waals surface area (Å²) in [6.07, 6.45) is 0. The number of benzene rings is 1. The molecule has 0 amide bonds. The first-order valence-corrected chi connectivity index (χ1v) is 7.63. The minimum Gasteiger partial charge on any atom is -0.481 e. The number of thiophene rings is 1. The zero-order valence-corrected chi connectivity index (χ0v) is 11.7. The highest BCUT2D eigenvalue weighted by atomic mass is 32.2. The van der Waals surface area contributed by atoms with Crippen molar-refractivity contribution in [2.45, 2.75) is 12.7 Å². The largest absolute Gasteiger partial charge is 0.481 e. The van der Waals surface area contributed by atoms with Gasteiger partial charge in [-0.15, -0.1) is 23.1 Å². The highest BCUT2D eigenvalue weighted by molar-refractivity contribution is 7.99. The van der Waals surface area contributed by atoms with Crippen molar-refractivity contribution >= 4 is 29.1 Å². The van der Waals surface area contributed by atoms with E-state index >= 15 is 0 Å². The van der Waals surface area contributed by atoms with Crippen molar-refractivity contribution in [2.24, 2.45) is 0 Å². The molecule has 0 atom stereocenters. The number of carboxylic acids is 1. The molecule has 0 saturated heterocycles. The molecule has 0 aliphatic rings. The van der Waals surface area contributed by atoms with Crippen molar-refractivity contribution in [1.82, 2.24) is 0 Å². The van der Waals surface area contributed by atoms with Crippen LogP contribution in [0.25, 0.3) is 10.4 Å². The number of thioether (sulfide) groups is 1. The third-order valence-electron chi connectivity index (χ3n) is 2.50. The molecular formula is C14H14O2S2. The lowest BCUT2D eigenvalue weighted by Crippen LogP contribution is -1.98. The molecule has 4 heteroatoms. The Hall–Kier alpha value is -1.26. The summed E-state index contributed by atoms with van der Waals surface area (Å²) in [6.45, 7) is 2.09. The number of carboxylic acid groups (broad SMARTS) is 1. The molecule has 2 aromatic rings. The molecule has 18 heavy (non-hydrogen) atoms. The van der Waals surface area contributed by atoms with Gasteiger partial charge in [0.15, 0.2) is 0 Å². The summed E-state index contributed by atoms with van der Waals surface area (Å²) >= 11 is 3.17. The molecule has 1 aromatic heterocycles. The predicted molar refractivity (Wildman–Crippen MR) is 78.3 cm³/mol. The van der Waals surface area contributed by atoms with Crippen LogP contribution < -0.4 is 0 Å². The molecule has 1 N–H and O–H groups in total. The molecule has 0 fully saturated rings. The van der Waals surface area contributed by atoms with Gasteiger partial charge in [0.25, 0.3) is 0 Å². The summed E-state index contributed by atoms with van der Waals surface area (Å²) in [7, 11) is 0. The summed E-state index contributed by atoms with van der Waals surface area (Å²) in [4.78, 5) is 11.8. The second-order valence-electron chi connectivity index (χ2n) is 4.03. The second-order valence-corrected chi connectivity index (χ2v) is 5.93. The van der Waals surface area contributed by atoms with E-state index in [1.54, 1.807) is 11.3 Å². The van der Waals surface area contributed by atoms with Crippen LogP contribution in [0.15, 0.2) is 35.7 Å². The van der Waals surface area contributed by atoms with E-state index in [1.165, 1.54) is 33.3 Å². The molecular weight excluding hydrogens is 264 g/mol. The topological polar surface area (TPSA) is 37.3 Å². The SMILES string of the molecule is Cc1csc(-c2ccccc2CSCC(=O)O)c1. The van der Waals surface area contributed by atoms with Gasteiger partial charge in [0, 0.05) is 10.6 Å². The maximum Gasteiger partial charge on any atom is 0.313 e. The molecule has 94 valence electrons. The van der Waals surface area contributed by atoms with E-state index in [-0.39, 0.29) is 5.75 Å². The number of aliphatic carboxylic acids is 1. The van der Waals surface area contributed by atoms with Crippen molar-refractivity contribution in [1.29, 1.82) is 0 Å². The number of carbonyl (C=O) groups is 1. The fourth-order valence-electron chi connectivity index (χ4n) is 1.71. The molecule has 0 saturated carbocycles. The Kier molecular flexibility index (Phi) is 4.44. The lowest BCUT2D eigenvalue weighted by molar-refractivity contribution is -0.133. The van der Waals surface area contributed by atoms with Crippen LogP contribution in [0.3, 0.4) is 0 Å². The third kappa shape index (κ3) is 3.37. The lowest BCUT2D eigenvalue weighted by Gasteiger charge is -2.06. The maximum absolute atomic E-state index is 10.5. The number of hydrogen-bond acceptors (Lipinski definition) is 3. The van der Waals surface area contributed by atoms with Crippen LogP contribution in [-0.4, -0.2) is 16.8 Å².